The van der Waals surface area contributed by atoms with Crippen LogP contribution in [0.25, 0.3) is 0 Å². The maximum absolute atomic E-state index is 13.3. The van der Waals surface area contributed by atoms with Gasteiger partial charge in [-0.15, -0.1) is 0 Å². The van der Waals surface area contributed by atoms with Crippen LogP contribution in [0.2, 0.25) is 0 Å². The molecule has 0 aliphatic heterocycles. The summed E-state index contributed by atoms with van der Waals surface area (Å²) in [7, 11) is 0. The Morgan fingerprint density at radius 1 is 1.26 bits per heavy atom. The van der Waals surface area contributed by atoms with Gasteiger partial charge in [0.15, 0.2) is 0 Å². The molecule has 2 nitrogen and oxygen atoms in total. The quantitative estimate of drug-likeness (QED) is 0.811. The van der Waals surface area contributed by atoms with Gasteiger partial charge in [-0.05, 0) is 37.1 Å². The van der Waals surface area contributed by atoms with Crippen LogP contribution < -0.4 is 11.1 Å². The lowest BCUT2D eigenvalue weighted by atomic mass is 10.0. The molecular formula is C13H18F4N2. The van der Waals surface area contributed by atoms with Gasteiger partial charge in [0.25, 0.3) is 0 Å². The van der Waals surface area contributed by atoms with Crippen molar-refractivity contribution in [2.75, 3.05) is 6.54 Å². The summed E-state index contributed by atoms with van der Waals surface area (Å²) in [6.45, 7) is 3.94. The Bertz CT molecular complexity index is 418. The molecule has 1 aromatic rings. The normalized spacial score (nSPS) is 15.3. The van der Waals surface area contributed by atoms with Crippen molar-refractivity contribution in [3.8, 4) is 0 Å². The average molecular weight is 278 g/mol. The topological polar surface area (TPSA) is 38.0 Å². The molecule has 0 spiro atoms. The summed E-state index contributed by atoms with van der Waals surface area (Å²) in [5, 5.41) is 3.08. The lowest BCUT2D eigenvalue weighted by Gasteiger charge is -2.22. The van der Waals surface area contributed by atoms with E-state index in [1.165, 1.54) is 0 Å². The van der Waals surface area contributed by atoms with E-state index in [4.69, 9.17) is 5.73 Å². The van der Waals surface area contributed by atoms with Crippen LogP contribution in [-0.4, -0.2) is 12.6 Å². The van der Waals surface area contributed by atoms with Crippen LogP contribution in [0.1, 0.15) is 37.4 Å². The van der Waals surface area contributed by atoms with E-state index in [1.54, 1.807) is 0 Å². The molecule has 0 heterocycles. The van der Waals surface area contributed by atoms with E-state index in [0.717, 1.165) is 18.6 Å². The third-order valence-electron chi connectivity index (χ3n) is 2.98. The van der Waals surface area contributed by atoms with Gasteiger partial charge in [-0.3, -0.25) is 0 Å². The standard InChI is InChI=1S/C13H18F4N2/c1-3-8(2)19-12(7-18)9-4-10(13(15,16)17)6-11(14)5-9/h4-6,8,12,19H,3,7,18H2,1-2H3. The fraction of sp³-hybridized carbons (Fsp3) is 0.538. The lowest BCUT2D eigenvalue weighted by Crippen LogP contribution is -2.34. The first-order valence-electron chi connectivity index (χ1n) is 6.11. The van der Waals surface area contributed by atoms with Gasteiger partial charge in [0.05, 0.1) is 5.56 Å². The third-order valence-corrected chi connectivity index (χ3v) is 2.98. The van der Waals surface area contributed by atoms with Crippen LogP contribution >= 0.6 is 0 Å². The second kappa shape index (κ2) is 6.34. The molecular weight excluding hydrogens is 260 g/mol. The Labute approximate surface area is 110 Å². The molecule has 108 valence electrons. The van der Waals surface area contributed by atoms with Crippen LogP contribution in [0.3, 0.4) is 0 Å². The van der Waals surface area contributed by atoms with Gasteiger partial charge in [0, 0.05) is 18.6 Å². The molecule has 1 rings (SSSR count). The van der Waals surface area contributed by atoms with Crippen molar-refractivity contribution < 1.29 is 17.6 Å². The van der Waals surface area contributed by atoms with Crippen LogP contribution in [0.4, 0.5) is 17.6 Å². The maximum Gasteiger partial charge on any atom is 0.416 e. The smallest absolute Gasteiger partial charge is 0.329 e. The van der Waals surface area contributed by atoms with E-state index in [-0.39, 0.29) is 18.2 Å². The fourth-order valence-corrected chi connectivity index (χ4v) is 1.74. The minimum atomic E-state index is -4.56. The summed E-state index contributed by atoms with van der Waals surface area (Å²) in [5.41, 5.74) is 4.77. The molecule has 0 saturated carbocycles. The van der Waals surface area contributed by atoms with E-state index >= 15 is 0 Å². The molecule has 3 N–H and O–H groups in total. The van der Waals surface area contributed by atoms with E-state index in [1.807, 2.05) is 13.8 Å². The molecule has 0 aliphatic carbocycles. The Morgan fingerprint density at radius 2 is 1.89 bits per heavy atom. The highest BCUT2D eigenvalue weighted by Crippen LogP contribution is 2.31. The number of hydrogen-bond donors (Lipinski definition) is 2. The van der Waals surface area contributed by atoms with Gasteiger partial charge < -0.3 is 11.1 Å². The Morgan fingerprint density at radius 3 is 2.37 bits per heavy atom. The van der Waals surface area contributed by atoms with Crippen molar-refractivity contribution in [3.05, 3.63) is 35.1 Å². The first-order valence-corrected chi connectivity index (χ1v) is 6.11. The van der Waals surface area contributed by atoms with Crippen molar-refractivity contribution in [2.45, 2.75) is 38.5 Å². The minimum Gasteiger partial charge on any atom is -0.329 e. The lowest BCUT2D eigenvalue weighted by molar-refractivity contribution is -0.137. The second-order valence-corrected chi connectivity index (χ2v) is 4.54. The number of rotatable bonds is 5. The van der Waals surface area contributed by atoms with Crippen LogP contribution in [0.15, 0.2) is 18.2 Å². The van der Waals surface area contributed by atoms with Gasteiger partial charge in [0.1, 0.15) is 5.82 Å². The molecule has 0 radical (unpaired) electrons. The van der Waals surface area contributed by atoms with E-state index < -0.39 is 23.6 Å². The van der Waals surface area contributed by atoms with E-state index in [0.29, 0.717) is 6.07 Å². The summed E-state index contributed by atoms with van der Waals surface area (Å²) in [5.74, 6) is -0.908. The summed E-state index contributed by atoms with van der Waals surface area (Å²) < 4.78 is 51.2. The first-order chi connectivity index (χ1) is 8.77. The van der Waals surface area contributed by atoms with Crippen molar-refractivity contribution in [1.82, 2.24) is 5.32 Å². The van der Waals surface area contributed by atoms with Gasteiger partial charge in [0.2, 0.25) is 0 Å². The van der Waals surface area contributed by atoms with Gasteiger partial charge in [-0.25, -0.2) is 4.39 Å². The molecule has 6 heteroatoms. The summed E-state index contributed by atoms with van der Waals surface area (Å²) in [6.07, 6.45) is -3.76. The molecule has 2 atom stereocenters. The number of benzene rings is 1. The monoisotopic (exact) mass is 278 g/mol. The zero-order valence-electron chi connectivity index (χ0n) is 10.9. The molecule has 0 bridgehead atoms. The summed E-state index contributed by atoms with van der Waals surface area (Å²) >= 11 is 0. The van der Waals surface area contributed by atoms with E-state index in [9.17, 15) is 17.6 Å². The highest BCUT2D eigenvalue weighted by Gasteiger charge is 2.32. The SMILES string of the molecule is CCC(C)NC(CN)c1cc(F)cc(C(F)(F)F)c1. The van der Waals surface area contributed by atoms with Crippen LogP contribution in [0.5, 0.6) is 0 Å². The Hall–Kier alpha value is -1.14. The maximum atomic E-state index is 13.3. The van der Waals surface area contributed by atoms with Crippen molar-refractivity contribution >= 4 is 0 Å². The molecule has 0 fully saturated rings. The molecule has 2 unspecified atom stereocenters. The minimum absolute atomic E-state index is 0.0890. The predicted molar refractivity (Wildman–Crippen MR) is 66.1 cm³/mol. The Kier molecular flexibility index (Phi) is 5.31. The largest absolute Gasteiger partial charge is 0.416 e. The summed E-state index contributed by atoms with van der Waals surface area (Å²) in [6, 6.07) is 2.11. The van der Waals surface area contributed by atoms with Crippen molar-refractivity contribution in [1.29, 1.82) is 0 Å². The number of nitrogens with one attached hydrogen (secondary N) is 1. The molecule has 19 heavy (non-hydrogen) atoms. The molecule has 0 aliphatic rings. The highest BCUT2D eigenvalue weighted by atomic mass is 19.4. The zero-order chi connectivity index (χ0) is 14.6. The molecule has 0 saturated heterocycles. The third kappa shape index (κ3) is 4.47. The van der Waals surface area contributed by atoms with Crippen LogP contribution in [-0.2, 0) is 6.18 Å². The molecule has 0 aromatic heterocycles. The zero-order valence-corrected chi connectivity index (χ0v) is 10.9. The van der Waals surface area contributed by atoms with Gasteiger partial charge >= 0.3 is 6.18 Å². The van der Waals surface area contributed by atoms with Crippen molar-refractivity contribution in [3.63, 3.8) is 0 Å². The Balaban J connectivity index is 3.07. The fourth-order valence-electron chi connectivity index (χ4n) is 1.74. The molecule has 1 aromatic carbocycles. The van der Waals surface area contributed by atoms with Crippen molar-refractivity contribution in [2.24, 2.45) is 5.73 Å². The van der Waals surface area contributed by atoms with Gasteiger partial charge in [-0.2, -0.15) is 13.2 Å². The molecule has 0 amide bonds. The second-order valence-electron chi connectivity index (χ2n) is 4.54. The predicted octanol–water partition coefficient (Wildman–Crippen LogP) is 3.23. The van der Waals surface area contributed by atoms with Crippen LogP contribution in [0, 0.1) is 5.82 Å². The van der Waals surface area contributed by atoms with Gasteiger partial charge in [-0.1, -0.05) is 6.92 Å². The average Bonchev–Trinajstić information content (AvgIpc) is 2.33. The highest BCUT2D eigenvalue weighted by molar-refractivity contribution is 5.29. The number of alkyl halides is 3. The summed E-state index contributed by atoms with van der Waals surface area (Å²) in [4.78, 5) is 0. The number of nitrogens with two attached hydrogens (primary N) is 1. The number of halogens is 4. The first kappa shape index (κ1) is 15.9. The van der Waals surface area contributed by atoms with E-state index in [2.05, 4.69) is 5.32 Å². The number of hydrogen-bond acceptors (Lipinski definition) is 2.